The highest BCUT2D eigenvalue weighted by Gasteiger charge is 2.34. The number of halogens is 1. The molecule has 126 valence electrons. The average molecular weight is 321 g/mol. The van der Waals surface area contributed by atoms with Crippen molar-refractivity contribution in [1.29, 1.82) is 0 Å². The molecule has 4 nitrogen and oxygen atoms in total. The number of amides is 1. The molecule has 0 aromatic rings. The lowest BCUT2D eigenvalue weighted by Gasteiger charge is -2.37. The fourth-order valence-electron chi connectivity index (χ4n) is 2.77. The summed E-state index contributed by atoms with van der Waals surface area (Å²) in [6.07, 6.45) is 7.69. The van der Waals surface area contributed by atoms with Crippen molar-refractivity contribution in [2.75, 3.05) is 13.2 Å². The van der Waals surface area contributed by atoms with E-state index in [-0.39, 0.29) is 29.8 Å². The Hall–Kier alpha value is -0.320. The number of nitrogens with two attached hydrogens (primary N) is 1. The molecule has 1 aliphatic carbocycles. The maximum atomic E-state index is 12.1. The lowest BCUT2D eigenvalue weighted by molar-refractivity contribution is -0.126. The zero-order chi connectivity index (χ0) is 15.0. The second-order valence-corrected chi connectivity index (χ2v) is 6.22. The van der Waals surface area contributed by atoms with E-state index in [0.29, 0.717) is 6.54 Å². The van der Waals surface area contributed by atoms with Crippen molar-refractivity contribution < 1.29 is 9.53 Å². The molecule has 0 bridgehead atoms. The highest BCUT2D eigenvalue weighted by atomic mass is 35.5. The highest BCUT2D eigenvalue weighted by Crippen LogP contribution is 2.31. The van der Waals surface area contributed by atoms with Crippen LogP contribution < -0.4 is 11.1 Å². The van der Waals surface area contributed by atoms with E-state index >= 15 is 0 Å². The van der Waals surface area contributed by atoms with Gasteiger partial charge in [-0.1, -0.05) is 46.5 Å². The van der Waals surface area contributed by atoms with E-state index in [2.05, 4.69) is 19.2 Å². The van der Waals surface area contributed by atoms with Gasteiger partial charge >= 0.3 is 0 Å². The van der Waals surface area contributed by atoms with E-state index in [4.69, 9.17) is 10.5 Å². The van der Waals surface area contributed by atoms with E-state index in [0.717, 1.165) is 32.3 Å². The first-order valence-electron chi connectivity index (χ1n) is 8.22. The summed E-state index contributed by atoms with van der Waals surface area (Å²) in [5, 5.41) is 3.03. The number of hydrogen-bond donors (Lipinski definition) is 2. The summed E-state index contributed by atoms with van der Waals surface area (Å²) in [7, 11) is 0. The second kappa shape index (κ2) is 10.4. The molecule has 5 heteroatoms. The maximum absolute atomic E-state index is 12.1. The molecule has 1 aliphatic rings. The first-order chi connectivity index (χ1) is 9.54. The fourth-order valence-corrected chi connectivity index (χ4v) is 2.77. The average Bonchev–Trinajstić information content (AvgIpc) is 2.50. The Bertz CT molecular complexity index is 294. The van der Waals surface area contributed by atoms with Crippen molar-refractivity contribution in [3.63, 3.8) is 0 Å². The molecular weight excluding hydrogens is 288 g/mol. The van der Waals surface area contributed by atoms with Crippen molar-refractivity contribution in [3.05, 3.63) is 0 Å². The summed E-state index contributed by atoms with van der Waals surface area (Å²) in [4.78, 5) is 12.1. The number of hydrogen-bond acceptors (Lipinski definition) is 3. The Balaban J connectivity index is 0.00000400. The number of carbonyl (C=O) groups is 1. The van der Waals surface area contributed by atoms with Crippen LogP contribution in [0.1, 0.15) is 65.7 Å². The molecule has 2 atom stereocenters. The van der Waals surface area contributed by atoms with Gasteiger partial charge in [-0.15, -0.1) is 12.4 Å². The number of carbonyl (C=O) groups excluding carboxylic acids is 1. The Kier molecular flexibility index (Phi) is 10.3. The molecule has 21 heavy (non-hydrogen) atoms. The molecule has 0 saturated heterocycles. The SMILES string of the molecule is CCCOC1(CNC(=O)C(N)C(C)CC)CCCCC1.Cl. The van der Waals surface area contributed by atoms with Crippen LogP contribution in [-0.4, -0.2) is 30.7 Å². The van der Waals surface area contributed by atoms with Crippen LogP contribution in [0, 0.1) is 5.92 Å². The summed E-state index contributed by atoms with van der Waals surface area (Å²) < 4.78 is 6.08. The predicted molar refractivity (Wildman–Crippen MR) is 89.7 cm³/mol. The summed E-state index contributed by atoms with van der Waals surface area (Å²) >= 11 is 0. The molecule has 0 heterocycles. The topological polar surface area (TPSA) is 64.3 Å². The van der Waals surface area contributed by atoms with Crippen molar-refractivity contribution in [2.24, 2.45) is 11.7 Å². The Morgan fingerprint density at radius 3 is 2.43 bits per heavy atom. The Morgan fingerprint density at radius 2 is 1.90 bits per heavy atom. The van der Waals surface area contributed by atoms with Gasteiger partial charge in [0.25, 0.3) is 0 Å². The molecule has 2 unspecified atom stereocenters. The third-order valence-electron chi connectivity index (χ3n) is 4.52. The van der Waals surface area contributed by atoms with Crippen molar-refractivity contribution in [2.45, 2.75) is 77.4 Å². The largest absolute Gasteiger partial charge is 0.373 e. The molecular formula is C16H33ClN2O2. The Labute approximate surface area is 136 Å². The van der Waals surface area contributed by atoms with Crippen LogP contribution in [0.25, 0.3) is 0 Å². The van der Waals surface area contributed by atoms with Crippen LogP contribution in [-0.2, 0) is 9.53 Å². The highest BCUT2D eigenvalue weighted by molar-refractivity contribution is 5.85. The van der Waals surface area contributed by atoms with Crippen LogP contribution in [0.4, 0.5) is 0 Å². The van der Waals surface area contributed by atoms with Crippen LogP contribution in [0.2, 0.25) is 0 Å². The van der Waals surface area contributed by atoms with Gasteiger partial charge in [-0.2, -0.15) is 0 Å². The number of ether oxygens (including phenoxy) is 1. The van der Waals surface area contributed by atoms with Gasteiger partial charge < -0.3 is 15.8 Å². The standard InChI is InChI=1S/C16H32N2O2.ClH/c1-4-11-20-16(9-7-6-8-10-16)12-18-15(19)14(17)13(3)5-2;/h13-14H,4-12,17H2,1-3H3,(H,18,19);1H. The first-order valence-corrected chi connectivity index (χ1v) is 8.22. The minimum Gasteiger partial charge on any atom is -0.373 e. The molecule has 1 saturated carbocycles. The van der Waals surface area contributed by atoms with Crippen LogP contribution in [0.3, 0.4) is 0 Å². The monoisotopic (exact) mass is 320 g/mol. The smallest absolute Gasteiger partial charge is 0.237 e. The lowest BCUT2D eigenvalue weighted by Crippen LogP contribution is -2.51. The van der Waals surface area contributed by atoms with Gasteiger partial charge in [0.15, 0.2) is 0 Å². The van der Waals surface area contributed by atoms with Crippen LogP contribution in [0.15, 0.2) is 0 Å². The minimum absolute atomic E-state index is 0. The van der Waals surface area contributed by atoms with E-state index in [1.165, 1.54) is 19.3 Å². The van der Waals surface area contributed by atoms with E-state index in [1.807, 2.05) is 6.92 Å². The summed E-state index contributed by atoms with van der Waals surface area (Å²) in [5.41, 5.74) is 5.82. The van der Waals surface area contributed by atoms with Gasteiger partial charge in [0.2, 0.25) is 5.91 Å². The predicted octanol–water partition coefficient (Wildman–Crippen LogP) is 3.03. The zero-order valence-electron chi connectivity index (χ0n) is 13.8. The quantitative estimate of drug-likeness (QED) is 0.722. The van der Waals surface area contributed by atoms with E-state index in [1.54, 1.807) is 0 Å². The lowest BCUT2D eigenvalue weighted by atomic mass is 9.84. The normalized spacial score (nSPS) is 20.2. The number of nitrogens with one attached hydrogen (secondary N) is 1. The molecule has 1 fully saturated rings. The van der Waals surface area contributed by atoms with Crippen molar-refractivity contribution in [3.8, 4) is 0 Å². The molecule has 0 aromatic carbocycles. The molecule has 1 rings (SSSR count). The van der Waals surface area contributed by atoms with Crippen LogP contribution in [0.5, 0.6) is 0 Å². The van der Waals surface area contributed by atoms with Gasteiger partial charge in [0.05, 0.1) is 11.6 Å². The van der Waals surface area contributed by atoms with E-state index in [9.17, 15) is 4.79 Å². The fraction of sp³-hybridized carbons (Fsp3) is 0.938. The molecule has 0 aliphatic heterocycles. The maximum Gasteiger partial charge on any atom is 0.237 e. The summed E-state index contributed by atoms with van der Waals surface area (Å²) in [6.45, 7) is 7.58. The minimum atomic E-state index is -0.410. The van der Waals surface area contributed by atoms with Gasteiger partial charge in [-0.25, -0.2) is 0 Å². The first kappa shape index (κ1) is 20.7. The van der Waals surface area contributed by atoms with Crippen LogP contribution >= 0.6 is 12.4 Å². The Morgan fingerprint density at radius 1 is 1.29 bits per heavy atom. The molecule has 0 aromatic heterocycles. The molecule has 0 radical (unpaired) electrons. The third kappa shape index (κ3) is 6.54. The molecule has 0 spiro atoms. The van der Waals surface area contributed by atoms with Gasteiger partial charge in [0, 0.05) is 13.2 Å². The van der Waals surface area contributed by atoms with Gasteiger partial charge in [-0.05, 0) is 25.2 Å². The number of rotatable bonds is 8. The van der Waals surface area contributed by atoms with Crippen molar-refractivity contribution in [1.82, 2.24) is 5.32 Å². The second-order valence-electron chi connectivity index (χ2n) is 6.22. The summed E-state index contributed by atoms with van der Waals surface area (Å²) in [5.74, 6) is 0.179. The van der Waals surface area contributed by atoms with Gasteiger partial charge in [-0.3, -0.25) is 4.79 Å². The molecule has 3 N–H and O–H groups in total. The zero-order valence-corrected chi connectivity index (χ0v) is 14.6. The molecule has 1 amide bonds. The van der Waals surface area contributed by atoms with Gasteiger partial charge in [0.1, 0.15) is 0 Å². The third-order valence-corrected chi connectivity index (χ3v) is 4.52. The van der Waals surface area contributed by atoms with E-state index < -0.39 is 6.04 Å². The summed E-state index contributed by atoms with van der Waals surface area (Å²) in [6, 6.07) is -0.410. The van der Waals surface area contributed by atoms with Crippen molar-refractivity contribution >= 4 is 18.3 Å².